The van der Waals surface area contributed by atoms with Gasteiger partial charge >= 0.3 is 5.97 Å². The molecule has 5 nitrogen and oxygen atoms in total. The number of carbonyl (C=O) groups is 2. The summed E-state index contributed by atoms with van der Waals surface area (Å²) in [5, 5.41) is 8.76. The minimum atomic E-state index is -1.24. The van der Waals surface area contributed by atoms with E-state index in [4.69, 9.17) is 21.4 Å². The predicted molar refractivity (Wildman–Crippen MR) is 64.6 cm³/mol. The van der Waals surface area contributed by atoms with Crippen molar-refractivity contribution in [3.8, 4) is 0 Å². The maximum atomic E-state index is 13.2. The van der Waals surface area contributed by atoms with E-state index in [0.29, 0.717) is 12.1 Å². The summed E-state index contributed by atoms with van der Waals surface area (Å²) in [4.78, 5) is 24.3. The number of carbonyl (C=O) groups excluding carboxylic acids is 1. The summed E-state index contributed by atoms with van der Waals surface area (Å²) >= 11 is 5.71. The molecule has 20 heavy (non-hydrogen) atoms. The molecule has 1 aliphatic rings. The quantitative estimate of drug-likeness (QED) is 0.842. The largest absolute Gasteiger partial charge is 0.480 e. The lowest BCUT2D eigenvalue weighted by Gasteiger charge is -2.33. The molecule has 8 heteroatoms. The summed E-state index contributed by atoms with van der Waals surface area (Å²) in [5.41, 5.74) is -0.279. The van der Waals surface area contributed by atoms with Crippen molar-refractivity contribution in [3.63, 3.8) is 0 Å². The Bertz CT molecular complexity index is 567. The highest BCUT2D eigenvalue weighted by Crippen LogP contribution is 2.23. The van der Waals surface area contributed by atoms with Gasteiger partial charge in [0, 0.05) is 6.54 Å². The van der Waals surface area contributed by atoms with E-state index in [2.05, 4.69) is 0 Å². The highest BCUT2D eigenvalue weighted by atomic mass is 35.5. The number of ether oxygens (including phenoxy) is 1. The number of benzene rings is 1. The second-order valence-electron chi connectivity index (χ2n) is 4.17. The fraction of sp³-hybridized carbons (Fsp3) is 0.333. The lowest BCUT2D eigenvalue weighted by Crippen LogP contribution is -2.52. The van der Waals surface area contributed by atoms with Crippen LogP contribution in [0.3, 0.4) is 0 Å². The van der Waals surface area contributed by atoms with E-state index < -0.39 is 29.6 Å². The van der Waals surface area contributed by atoms with Gasteiger partial charge < -0.3 is 14.7 Å². The Morgan fingerprint density at radius 2 is 2.00 bits per heavy atom. The summed E-state index contributed by atoms with van der Waals surface area (Å²) in [5.74, 6) is -4.41. The second kappa shape index (κ2) is 5.72. The van der Waals surface area contributed by atoms with Crippen LogP contribution >= 0.6 is 11.6 Å². The van der Waals surface area contributed by atoms with Crippen LogP contribution in [0.25, 0.3) is 0 Å². The lowest BCUT2D eigenvalue weighted by atomic mass is 10.1. The van der Waals surface area contributed by atoms with Crippen LogP contribution < -0.4 is 0 Å². The highest BCUT2D eigenvalue weighted by molar-refractivity contribution is 6.33. The first kappa shape index (κ1) is 14.7. The molecule has 1 aromatic carbocycles. The lowest BCUT2D eigenvalue weighted by molar-refractivity contribution is -0.147. The minimum absolute atomic E-state index is 0.0329. The van der Waals surface area contributed by atoms with E-state index >= 15 is 0 Å². The van der Waals surface area contributed by atoms with Gasteiger partial charge in [0.15, 0.2) is 17.7 Å². The number of amides is 1. The third-order valence-electron chi connectivity index (χ3n) is 2.91. The molecule has 1 atom stereocenters. The Balaban J connectivity index is 2.34. The Kier molecular flexibility index (Phi) is 4.20. The number of carboxylic acid groups (broad SMARTS) is 1. The third-order valence-corrected chi connectivity index (χ3v) is 3.23. The van der Waals surface area contributed by atoms with Gasteiger partial charge in [0.1, 0.15) is 0 Å². The Morgan fingerprint density at radius 3 is 2.65 bits per heavy atom. The number of carboxylic acids is 1. The van der Waals surface area contributed by atoms with Crippen molar-refractivity contribution < 1.29 is 28.2 Å². The monoisotopic (exact) mass is 305 g/mol. The molecule has 1 N–H and O–H groups in total. The molecule has 0 spiro atoms. The topological polar surface area (TPSA) is 66.8 Å². The number of aliphatic carboxylic acids is 1. The maximum Gasteiger partial charge on any atom is 0.328 e. The normalized spacial score (nSPS) is 18.9. The minimum Gasteiger partial charge on any atom is -0.480 e. The molecule has 0 aromatic heterocycles. The fourth-order valence-electron chi connectivity index (χ4n) is 1.89. The number of hydrogen-bond donors (Lipinski definition) is 1. The first-order valence-corrected chi connectivity index (χ1v) is 6.05. The molecule has 1 unspecified atom stereocenters. The van der Waals surface area contributed by atoms with Crippen LogP contribution in [0.4, 0.5) is 8.78 Å². The summed E-state index contributed by atoms with van der Waals surface area (Å²) in [6.07, 6.45) is 0. The molecule has 1 aliphatic heterocycles. The van der Waals surface area contributed by atoms with Gasteiger partial charge in [0.25, 0.3) is 5.91 Å². The van der Waals surface area contributed by atoms with Gasteiger partial charge in [0.05, 0.1) is 23.8 Å². The zero-order chi connectivity index (χ0) is 14.9. The highest BCUT2D eigenvalue weighted by Gasteiger charge is 2.34. The Morgan fingerprint density at radius 1 is 1.35 bits per heavy atom. The first-order chi connectivity index (χ1) is 9.41. The Hall–Kier alpha value is -1.73. The van der Waals surface area contributed by atoms with Gasteiger partial charge in [-0.25, -0.2) is 13.6 Å². The van der Waals surface area contributed by atoms with Crippen molar-refractivity contribution in [1.29, 1.82) is 0 Å². The van der Waals surface area contributed by atoms with E-state index in [9.17, 15) is 18.4 Å². The van der Waals surface area contributed by atoms with Gasteiger partial charge in [-0.15, -0.1) is 0 Å². The van der Waals surface area contributed by atoms with Crippen LogP contribution in [0.2, 0.25) is 5.02 Å². The number of hydrogen-bond acceptors (Lipinski definition) is 3. The van der Waals surface area contributed by atoms with Crippen molar-refractivity contribution in [2.24, 2.45) is 0 Å². The standard InChI is InChI=1S/C12H10ClF2NO4/c13-7-4-9(15)8(14)3-6(7)11(17)16-1-2-20-5-10(16)12(18)19/h3-4,10H,1-2,5H2,(H,18,19). The summed E-state index contributed by atoms with van der Waals surface area (Å²) in [6, 6.07) is 0.162. The van der Waals surface area contributed by atoms with Crippen molar-refractivity contribution in [1.82, 2.24) is 4.90 Å². The SMILES string of the molecule is O=C(O)C1COCCN1C(=O)c1cc(F)c(F)cc1Cl. The molecule has 0 aliphatic carbocycles. The van der Waals surface area contributed by atoms with Crippen LogP contribution in [0.15, 0.2) is 12.1 Å². The van der Waals surface area contributed by atoms with E-state index in [1.807, 2.05) is 0 Å². The molecule has 0 bridgehead atoms. The molecule has 2 rings (SSSR count). The number of morpholine rings is 1. The van der Waals surface area contributed by atoms with Gasteiger partial charge in [0.2, 0.25) is 0 Å². The second-order valence-corrected chi connectivity index (χ2v) is 4.58. The fourth-order valence-corrected chi connectivity index (χ4v) is 2.12. The van der Waals surface area contributed by atoms with E-state index in [-0.39, 0.29) is 30.3 Å². The molecular formula is C12H10ClF2NO4. The average molecular weight is 306 g/mol. The van der Waals surface area contributed by atoms with Crippen molar-refractivity contribution >= 4 is 23.5 Å². The third kappa shape index (κ3) is 2.73. The van der Waals surface area contributed by atoms with Gasteiger partial charge in [-0.05, 0) is 12.1 Å². The number of halogens is 3. The molecule has 108 valence electrons. The van der Waals surface area contributed by atoms with Gasteiger partial charge in [-0.3, -0.25) is 4.79 Å². The predicted octanol–water partition coefficient (Wildman–Crippen LogP) is 1.54. The first-order valence-electron chi connectivity index (χ1n) is 5.68. The molecule has 1 amide bonds. The maximum absolute atomic E-state index is 13.2. The molecule has 1 fully saturated rings. The van der Waals surface area contributed by atoms with Crippen LogP contribution in [-0.2, 0) is 9.53 Å². The van der Waals surface area contributed by atoms with Crippen molar-refractivity contribution in [2.75, 3.05) is 19.8 Å². The molecule has 0 radical (unpaired) electrons. The van der Waals surface area contributed by atoms with Gasteiger partial charge in [-0.2, -0.15) is 0 Å². The van der Waals surface area contributed by atoms with E-state index in [0.717, 1.165) is 4.90 Å². The summed E-state index contributed by atoms with van der Waals surface area (Å²) in [6.45, 7) is 0.0321. The van der Waals surface area contributed by atoms with Gasteiger partial charge in [-0.1, -0.05) is 11.6 Å². The van der Waals surface area contributed by atoms with Crippen LogP contribution in [-0.4, -0.2) is 47.7 Å². The van der Waals surface area contributed by atoms with Crippen LogP contribution in [0.1, 0.15) is 10.4 Å². The molecule has 1 saturated heterocycles. The summed E-state index contributed by atoms with van der Waals surface area (Å²) in [7, 11) is 0. The molecule has 1 aromatic rings. The zero-order valence-corrected chi connectivity index (χ0v) is 10.9. The zero-order valence-electron chi connectivity index (χ0n) is 10.1. The van der Waals surface area contributed by atoms with Crippen molar-refractivity contribution in [2.45, 2.75) is 6.04 Å². The molecule has 1 heterocycles. The molecule has 0 saturated carbocycles. The van der Waals surface area contributed by atoms with Crippen molar-refractivity contribution in [3.05, 3.63) is 34.4 Å². The summed E-state index contributed by atoms with van der Waals surface area (Å²) < 4.78 is 31.2. The van der Waals surface area contributed by atoms with Crippen LogP contribution in [0, 0.1) is 11.6 Å². The average Bonchev–Trinajstić information content (AvgIpc) is 2.42. The smallest absolute Gasteiger partial charge is 0.328 e. The number of rotatable bonds is 2. The molecular weight excluding hydrogens is 296 g/mol. The van der Waals surface area contributed by atoms with E-state index in [1.54, 1.807) is 0 Å². The van der Waals surface area contributed by atoms with Crippen LogP contribution in [0.5, 0.6) is 0 Å². The number of nitrogens with zero attached hydrogens (tertiary/aromatic N) is 1. The van der Waals surface area contributed by atoms with E-state index in [1.165, 1.54) is 0 Å². The Labute approximate surface area is 117 Å².